The summed E-state index contributed by atoms with van der Waals surface area (Å²) in [6.07, 6.45) is 0. The molecular weight excluding hydrogens is 336 g/mol. The van der Waals surface area contributed by atoms with Crippen molar-refractivity contribution >= 4 is 20.0 Å². The average Bonchev–Trinajstić information content (AvgIpc) is 2.80. The fourth-order valence-corrected chi connectivity index (χ4v) is 5.61. The van der Waals surface area contributed by atoms with E-state index in [-0.39, 0.29) is 5.97 Å². The molecule has 6 heteroatoms. The van der Waals surface area contributed by atoms with Crippen LogP contribution < -0.4 is 5.19 Å². The number of rotatable bonds is 9. The SMILES string of the molecule is CCOC(=O)c1c2cccccc-2cc1[Si](OCC)(OCC)OCC. The molecule has 0 radical (unpaired) electrons. The summed E-state index contributed by atoms with van der Waals surface area (Å²) in [5.41, 5.74) is 2.23. The van der Waals surface area contributed by atoms with E-state index in [4.69, 9.17) is 18.0 Å². The summed E-state index contributed by atoms with van der Waals surface area (Å²) < 4.78 is 23.3. The lowest BCUT2D eigenvalue weighted by Crippen LogP contribution is -2.58. The van der Waals surface area contributed by atoms with Gasteiger partial charge in [0.2, 0.25) is 0 Å². The molecule has 25 heavy (non-hydrogen) atoms. The van der Waals surface area contributed by atoms with Crippen molar-refractivity contribution in [3.05, 3.63) is 42.0 Å². The first kappa shape index (κ1) is 19.6. The van der Waals surface area contributed by atoms with Gasteiger partial charge in [-0.1, -0.05) is 30.3 Å². The van der Waals surface area contributed by atoms with Crippen molar-refractivity contribution in [2.75, 3.05) is 26.4 Å². The Morgan fingerprint density at radius 3 is 2.04 bits per heavy atom. The maximum atomic E-state index is 12.7. The van der Waals surface area contributed by atoms with Crippen LogP contribution in [0, 0.1) is 0 Å². The molecule has 0 spiro atoms. The summed E-state index contributed by atoms with van der Waals surface area (Å²) in [6.45, 7) is 9.08. The van der Waals surface area contributed by atoms with Crippen LogP contribution in [0.2, 0.25) is 0 Å². The number of hydrogen-bond acceptors (Lipinski definition) is 5. The van der Waals surface area contributed by atoms with Gasteiger partial charge < -0.3 is 18.0 Å². The van der Waals surface area contributed by atoms with E-state index in [0.29, 0.717) is 37.2 Å². The van der Waals surface area contributed by atoms with Gasteiger partial charge in [0.1, 0.15) is 0 Å². The van der Waals surface area contributed by atoms with E-state index in [1.54, 1.807) is 6.92 Å². The summed E-state index contributed by atoms with van der Waals surface area (Å²) in [5.74, 6) is -0.380. The first-order valence-electron chi connectivity index (χ1n) is 8.74. The molecule has 0 aromatic heterocycles. The van der Waals surface area contributed by atoms with Crippen molar-refractivity contribution in [3.63, 3.8) is 0 Å². The quantitative estimate of drug-likeness (QED) is 0.506. The van der Waals surface area contributed by atoms with Crippen LogP contribution in [-0.4, -0.2) is 41.2 Å². The van der Waals surface area contributed by atoms with E-state index in [2.05, 4.69) is 0 Å². The predicted octanol–water partition coefficient (Wildman–Crippen LogP) is 3.22. The highest BCUT2D eigenvalue weighted by atomic mass is 28.4. The van der Waals surface area contributed by atoms with Gasteiger partial charge in [0, 0.05) is 25.0 Å². The highest BCUT2D eigenvalue weighted by Gasteiger charge is 2.48. The Kier molecular flexibility index (Phi) is 7.13. The molecule has 0 N–H and O–H groups in total. The number of carbonyl (C=O) groups is 1. The van der Waals surface area contributed by atoms with Crippen LogP contribution in [0.3, 0.4) is 0 Å². The maximum absolute atomic E-state index is 12.7. The van der Waals surface area contributed by atoms with E-state index in [9.17, 15) is 4.79 Å². The Hall–Kier alpha value is -1.73. The normalized spacial score (nSPS) is 11.7. The van der Waals surface area contributed by atoms with Crippen LogP contribution in [0.4, 0.5) is 0 Å². The molecule has 0 aliphatic heterocycles. The molecule has 0 amide bonds. The van der Waals surface area contributed by atoms with E-state index < -0.39 is 8.80 Å². The van der Waals surface area contributed by atoms with Gasteiger partial charge in [0.05, 0.1) is 12.2 Å². The molecule has 0 fully saturated rings. The van der Waals surface area contributed by atoms with Crippen molar-refractivity contribution < 1.29 is 22.8 Å². The van der Waals surface area contributed by atoms with Crippen LogP contribution in [-0.2, 0) is 18.0 Å². The topological polar surface area (TPSA) is 54.0 Å². The molecule has 0 saturated heterocycles. The zero-order valence-electron chi connectivity index (χ0n) is 15.3. The molecule has 0 unspecified atom stereocenters. The third kappa shape index (κ3) is 4.09. The lowest BCUT2D eigenvalue weighted by molar-refractivity contribution is 0.0522. The molecule has 2 aliphatic rings. The maximum Gasteiger partial charge on any atom is 0.538 e. The lowest BCUT2D eigenvalue weighted by Gasteiger charge is -2.28. The van der Waals surface area contributed by atoms with Crippen molar-refractivity contribution in [1.29, 1.82) is 0 Å². The second-order valence-electron chi connectivity index (χ2n) is 5.29. The van der Waals surface area contributed by atoms with E-state index in [1.807, 2.05) is 57.2 Å². The number of ether oxygens (including phenoxy) is 1. The van der Waals surface area contributed by atoms with Gasteiger partial charge in [0.15, 0.2) is 0 Å². The minimum absolute atomic E-state index is 0.302. The highest BCUT2D eigenvalue weighted by molar-refractivity contribution is 6.77. The Morgan fingerprint density at radius 1 is 0.880 bits per heavy atom. The number of carbonyl (C=O) groups excluding carboxylic acids is 1. The smallest absolute Gasteiger partial charge is 0.462 e. The molecule has 2 aliphatic carbocycles. The summed E-state index contributed by atoms with van der Waals surface area (Å²) in [5, 5.41) is 0.678. The van der Waals surface area contributed by atoms with Crippen molar-refractivity contribution in [1.82, 2.24) is 0 Å². The first-order valence-corrected chi connectivity index (χ1v) is 10.5. The Balaban J connectivity index is 2.73. The highest BCUT2D eigenvalue weighted by Crippen LogP contribution is 2.29. The summed E-state index contributed by atoms with van der Waals surface area (Å²) >= 11 is 0. The largest absolute Gasteiger partial charge is 0.538 e. The molecule has 0 aromatic carbocycles. The fourth-order valence-electron chi connectivity index (χ4n) is 2.88. The number of esters is 1. The van der Waals surface area contributed by atoms with Gasteiger partial charge in [-0.2, -0.15) is 0 Å². The van der Waals surface area contributed by atoms with E-state index in [0.717, 1.165) is 11.1 Å². The van der Waals surface area contributed by atoms with Gasteiger partial charge in [-0.25, -0.2) is 4.79 Å². The second-order valence-corrected chi connectivity index (χ2v) is 7.81. The van der Waals surface area contributed by atoms with Gasteiger partial charge in [-0.05, 0) is 44.9 Å². The third-order valence-corrected chi connectivity index (χ3v) is 6.78. The van der Waals surface area contributed by atoms with Gasteiger partial charge in [-0.15, -0.1) is 0 Å². The minimum Gasteiger partial charge on any atom is -0.462 e. The standard InChI is InChI=1S/C19H26O5Si/c1-5-21-19(20)18-16-13-11-9-10-12-15(16)14-17(18)25(22-6-2,23-7-3)24-8-4/h9-14H,5-8H2,1-4H3. The molecule has 5 nitrogen and oxygen atoms in total. The second kappa shape index (κ2) is 9.10. The molecule has 2 rings (SSSR count). The molecule has 0 atom stereocenters. The number of fused-ring (bicyclic) bond motifs is 1. The van der Waals surface area contributed by atoms with Gasteiger partial charge in [-0.3, -0.25) is 0 Å². The zero-order valence-corrected chi connectivity index (χ0v) is 16.3. The summed E-state index contributed by atoms with van der Waals surface area (Å²) in [4.78, 5) is 12.7. The number of hydrogen-bond donors (Lipinski definition) is 0. The molecule has 0 saturated carbocycles. The van der Waals surface area contributed by atoms with E-state index >= 15 is 0 Å². The van der Waals surface area contributed by atoms with Gasteiger partial charge in [0.25, 0.3) is 0 Å². The molecule has 136 valence electrons. The predicted molar refractivity (Wildman–Crippen MR) is 99.3 cm³/mol. The molecule has 0 heterocycles. The Labute approximate surface area is 150 Å². The lowest BCUT2D eigenvalue weighted by atomic mass is 10.1. The monoisotopic (exact) mass is 362 g/mol. The van der Waals surface area contributed by atoms with E-state index in [1.165, 1.54) is 0 Å². The van der Waals surface area contributed by atoms with Crippen molar-refractivity contribution in [2.45, 2.75) is 27.7 Å². The third-order valence-electron chi connectivity index (χ3n) is 3.72. The van der Waals surface area contributed by atoms with Crippen LogP contribution >= 0.6 is 0 Å². The van der Waals surface area contributed by atoms with Crippen LogP contribution in [0.25, 0.3) is 11.1 Å². The Morgan fingerprint density at radius 2 is 1.48 bits per heavy atom. The molecule has 0 aromatic rings. The Bertz CT molecular complexity index is 656. The summed E-state index contributed by atoms with van der Waals surface area (Å²) in [6, 6.07) is 11.6. The van der Waals surface area contributed by atoms with Crippen LogP contribution in [0.1, 0.15) is 38.1 Å². The van der Waals surface area contributed by atoms with Gasteiger partial charge >= 0.3 is 14.8 Å². The molecular formula is C19H26O5Si. The van der Waals surface area contributed by atoms with Crippen LogP contribution in [0.15, 0.2) is 36.4 Å². The first-order chi connectivity index (χ1) is 12.1. The fraction of sp³-hybridized carbons (Fsp3) is 0.421. The minimum atomic E-state index is -3.22. The van der Waals surface area contributed by atoms with Crippen molar-refractivity contribution in [3.8, 4) is 11.1 Å². The summed E-state index contributed by atoms with van der Waals surface area (Å²) in [7, 11) is -3.22. The van der Waals surface area contributed by atoms with Crippen molar-refractivity contribution in [2.24, 2.45) is 0 Å². The zero-order chi connectivity index (χ0) is 18.3. The average molecular weight is 362 g/mol. The molecule has 0 bridgehead atoms. The van der Waals surface area contributed by atoms with Crippen LogP contribution in [0.5, 0.6) is 0 Å².